The Kier molecular flexibility index (Phi) is 5.44. The lowest BCUT2D eigenvalue weighted by Crippen LogP contribution is -2.40. The molecule has 0 aromatic rings. The SMILES string of the molecule is CC1CCCC(SCCC(C)(N)CO)C1. The first-order chi connectivity index (χ1) is 7.03. The minimum Gasteiger partial charge on any atom is -0.394 e. The molecule has 0 saturated heterocycles. The van der Waals surface area contributed by atoms with E-state index in [0.29, 0.717) is 0 Å². The van der Waals surface area contributed by atoms with E-state index in [9.17, 15) is 0 Å². The number of hydrogen-bond donors (Lipinski definition) is 2. The Morgan fingerprint density at radius 2 is 2.20 bits per heavy atom. The van der Waals surface area contributed by atoms with Gasteiger partial charge in [-0.15, -0.1) is 0 Å². The average Bonchev–Trinajstić information content (AvgIpc) is 2.18. The van der Waals surface area contributed by atoms with Crippen molar-refractivity contribution in [2.24, 2.45) is 11.7 Å². The van der Waals surface area contributed by atoms with Gasteiger partial charge >= 0.3 is 0 Å². The molecule has 2 nitrogen and oxygen atoms in total. The fourth-order valence-corrected chi connectivity index (χ4v) is 3.78. The molecule has 0 aromatic heterocycles. The smallest absolute Gasteiger partial charge is 0.0608 e. The van der Waals surface area contributed by atoms with Gasteiger partial charge in [0.1, 0.15) is 0 Å². The molecule has 3 heteroatoms. The van der Waals surface area contributed by atoms with Crippen LogP contribution in [0.2, 0.25) is 0 Å². The molecule has 0 aromatic carbocycles. The van der Waals surface area contributed by atoms with Gasteiger partial charge in [-0.2, -0.15) is 11.8 Å². The number of hydrogen-bond acceptors (Lipinski definition) is 3. The van der Waals surface area contributed by atoms with E-state index in [1.54, 1.807) is 0 Å². The quantitative estimate of drug-likeness (QED) is 0.764. The minimum atomic E-state index is -0.382. The third-order valence-electron chi connectivity index (χ3n) is 3.28. The van der Waals surface area contributed by atoms with Gasteiger partial charge in [0.2, 0.25) is 0 Å². The Hall–Kier alpha value is 0.270. The number of nitrogens with two attached hydrogens (primary N) is 1. The normalized spacial score (nSPS) is 31.2. The highest BCUT2D eigenvalue weighted by Gasteiger charge is 2.21. The number of aliphatic hydroxyl groups excluding tert-OH is 1. The van der Waals surface area contributed by atoms with E-state index in [1.807, 2.05) is 6.92 Å². The molecular formula is C12H25NOS. The maximum Gasteiger partial charge on any atom is 0.0608 e. The Bertz CT molecular complexity index is 184. The summed E-state index contributed by atoms with van der Waals surface area (Å²) in [5.41, 5.74) is 5.51. The maximum atomic E-state index is 9.04. The van der Waals surface area contributed by atoms with Crippen molar-refractivity contribution in [3.8, 4) is 0 Å². The minimum absolute atomic E-state index is 0.0919. The van der Waals surface area contributed by atoms with Crippen LogP contribution in [0.25, 0.3) is 0 Å². The molecule has 1 saturated carbocycles. The highest BCUT2D eigenvalue weighted by atomic mass is 32.2. The van der Waals surface area contributed by atoms with Crippen LogP contribution in [0.5, 0.6) is 0 Å². The van der Waals surface area contributed by atoms with Gasteiger partial charge in [-0.25, -0.2) is 0 Å². The Balaban J connectivity index is 2.14. The van der Waals surface area contributed by atoms with Crippen molar-refractivity contribution >= 4 is 11.8 Å². The molecule has 1 fully saturated rings. The van der Waals surface area contributed by atoms with Crippen LogP contribution in [0.3, 0.4) is 0 Å². The molecule has 0 bridgehead atoms. The van der Waals surface area contributed by atoms with E-state index >= 15 is 0 Å². The molecule has 0 aliphatic heterocycles. The molecule has 0 radical (unpaired) electrons. The topological polar surface area (TPSA) is 46.2 Å². The molecule has 0 amide bonds. The summed E-state index contributed by atoms with van der Waals surface area (Å²) in [7, 11) is 0. The maximum absolute atomic E-state index is 9.04. The Morgan fingerprint density at radius 3 is 2.80 bits per heavy atom. The highest BCUT2D eigenvalue weighted by molar-refractivity contribution is 7.99. The summed E-state index contributed by atoms with van der Waals surface area (Å²) in [4.78, 5) is 0. The summed E-state index contributed by atoms with van der Waals surface area (Å²) >= 11 is 2.05. The van der Waals surface area contributed by atoms with Gasteiger partial charge in [0, 0.05) is 10.8 Å². The van der Waals surface area contributed by atoms with E-state index < -0.39 is 0 Å². The van der Waals surface area contributed by atoms with Crippen LogP contribution in [0, 0.1) is 5.92 Å². The lowest BCUT2D eigenvalue weighted by atomic mass is 9.91. The first kappa shape index (κ1) is 13.3. The van der Waals surface area contributed by atoms with Crippen molar-refractivity contribution in [2.75, 3.05) is 12.4 Å². The van der Waals surface area contributed by atoms with E-state index in [2.05, 4.69) is 18.7 Å². The first-order valence-electron chi connectivity index (χ1n) is 6.05. The molecule has 3 atom stereocenters. The second-order valence-electron chi connectivity index (χ2n) is 5.33. The summed E-state index contributed by atoms with van der Waals surface area (Å²) in [5, 5.41) is 9.88. The molecule has 15 heavy (non-hydrogen) atoms. The third kappa shape index (κ3) is 5.23. The standard InChI is InChI=1S/C12H25NOS/c1-10-4-3-5-11(8-10)15-7-6-12(2,13)9-14/h10-11,14H,3-9,13H2,1-2H3. The zero-order valence-electron chi connectivity index (χ0n) is 10.0. The van der Waals surface area contributed by atoms with Gasteiger partial charge < -0.3 is 10.8 Å². The van der Waals surface area contributed by atoms with Crippen molar-refractivity contribution in [3.05, 3.63) is 0 Å². The average molecular weight is 231 g/mol. The second kappa shape index (κ2) is 6.12. The largest absolute Gasteiger partial charge is 0.394 e. The summed E-state index contributed by atoms with van der Waals surface area (Å²) in [5.74, 6) is 1.99. The van der Waals surface area contributed by atoms with E-state index in [4.69, 9.17) is 10.8 Å². The summed E-state index contributed by atoms with van der Waals surface area (Å²) < 4.78 is 0. The molecular weight excluding hydrogens is 206 g/mol. The van der Waals surface area contributed by atoms with Gasteiger partial charge in [-0.1, -0.05) is 19.8 Å². The molecule has 1 aliphatic carbocycles. The van der Waals surface area contributed by atoms with E-state index in [-0.39, 0.29) is 12.1 Å². The van der Waals surface area contributed by atoms with Crippen LogP contribution in [0.15, 0.2) is 0 Å². The molecule has 90 valence electrons. The van der Waals surface area contributed by atoms with Gasteiger partial charge in [0.25, 0.3) is 0 Å². The third-order valence-corrected chi connectivity index (χ3v) is 4.62. The molecule has 1 rings (SSSR count). The van der Waals surface area contributed by atoms with Crippen LogP contribution in [-0.4, -0.2) is 28.3 Å². The summed E-state index contributed by atoms with van der Waals surface area (Å²) in [6.45, 7) is 4.37. The number of rotatable bonds is 5. The monoisotopic (exact) mass is 231 g/mol. The zero-order chi connectivity index (χ0) is 11.3. The van der Waals surface area contributed by atoms with Gasteiger partial charge in [0.05, 0.1) is 6.61 Å². The fourth-order valence-electron chi connectivity index (χ4n) is 2.07. The van der Waals surface area contributed by atoms with E-state index in [1.165, 1.54) is 25.7 Å². The predicted octanol–water partition coefficient (Wildman–Crippen LogP) is 2.40. The molecule has 3 unspecified atom stereocenters. The van der Waals surface area contributed by atoms with Crippen LogP contribution in [0.4, 0.5) is 0 Å². The Morgan fingerprint density at radius 1 is 1.47 bits per heavy atom. The number of aliphatic hydroxyl groups is 1. The van der Waals surface area contributed by atoms with Gasteiger partial charge in [-0.05, 0) is 37.9 Å². The highest BCUT2D eigenvalue weighted by Crippen LogP contribution is 2.32. The fraction of sp³-hybridized carbons (Fsp3) is 1.00. The molecule has 0 heterocycles. The van der Waals surface area contributed by atoms with Crippen molar-refractivity contribution in [1.82, 2.24) is 0 Å². The van der Waals surface area contributed by atoms with Gasteiger partial charge in [-0.3, -0.25) is 0 Å². The summed E-state index contributed by atoms with van der Waals surface area (Å²) in [6, 6.07) is 0. The Labute approximate surface area is 98.0 Å². The lowest BCUT2D eigenvalue weighted by molar-refractivity contribution is 0.206. The summed E-state index contributed by atoms with van der Waals surface area (Å²) in [6.07, 6.45) is 6.45. The zero-order valence-corrected chi connectivity index (χ0v) is 10.9. The van der Waals surface area contributed by atoms with Gasteiger partial charge in [0.15, 0.2) is 0 Å². The van der Waals surface area contributed by atoms with Crippen LogP contribution >= 0.6 is 11.8 Å². The van der Waals surface area contributed by atoms with Crippen molar-refractivity contribution in [2.45, 2.75) is 56.7 Å². The lowest BCUT2D eigenvalue weighted by Gasteiger charge is -2.28. The van der Waals surface area contributed by atoms with Crippen molar-refractivity contribution in [3.63, 3.8) is 0 Å². The van der Waals surface area contributed by atoms with Crippen LogP contribution in [0.1, 0.15) is 46.0 Å². The van der Waals surface area contributed by atoms with Crippen molar-refractivity contribution < 1.29 is 5.11 Å². The predicted molar refractivity (Wildman–Crippen MR) is 68.2 cm³/mol. The number of thioether (sulfide) groups is 1. The molecule has 1 aliphatic rings. The second-order valence-corrected chi connectivity index (χ2v) is 6.73. The van der Waals surface area contributed by atoms with Crippen molar-refractivity contribution in [1.29, 1.82) is 0 Å². The molecule has 3 N–H and O–H groups in total. The van der Waals surface area contributed by atoms with E-state index in [0.717, 1.165) is 23.3 Å². The van der Waals surface area contributed by atoms with Crippen LogP contribution in [-0.2, 0) is 0 Å². The molecule has 0 spiro atoms. The van der Waals surface area contributed by atoms with Crippen LogP contribution < -0.4 is 5.73 Å². The first-order valence-corrected chi connectivity index (χ1v) is 7.10.